The van der Waals surface area contributed by atoms with Gasteiger partial charge in [-0.1, -0.05) is 74.0 Å². The predicted octanol–water partition coefficient (Wildman–Crippen LogP) is 6.04. The van der Waals surface area contributed by atoms with Crippen LogP contribution >= 0.6 is 11.6 Å². The number of rotatable bonds is 8. The molecule has 2 N–H and O–H groups in total. The Balaban J connectivity index is 1.84. The Labute approximate surface area is 216 Å². The Kier molecular flexibility index (Phi) is 8.94. The number of hydrogen-bond acceptors (Lipinski definition) is 4. The molecule has 3 aromatic carbocycles. The first-order valence-electron chi connectivity index (χ1n) is 11.3. The van der Waals surface area contributed by atoms with Crippen molar-refractivity contribution in [1.29, 1.82) is 0 Å². The Hall–Kier alpha value is -3.85. The molecule has 2 amide bonds. The number of hydrogen-bond donors (Lipinski definition) is 2. The van der Waals surface area contributed by atoms with E-state index in [9.17, 15) is 27.6 Å². The average molecular weight is 533 g/mol. The lowest BCUT2D eigenvalue weighted by Crippen LogP contribution is -2.46. The van der Waals surface area contributed by atoms with Crippen LogP contribution in [0.25, 0.3) is 0 Å². The van der Waals surface area contributed by atoms with Crippen LogP contribution in [0.5, 0.6) is 0 Å². The zero-order valence-electron chi connectivity index (χ0n) is 19.9. The maximum Gasteiger partial charge on any atom is 0.416 e. The molecule has 3 aromatic rings. The summed E-state index contributed by atoms with van der Waals surface area (Å²) in [5, 5.41) is 5.16. The second kappa shape index (κ2) is 11.9. The molecule has 37 heavy (non-hydrogen) atoms. The smallest absolute Gasteiger partial charge is 0.416 e. The van der Waals surface area contributed by atoms with E-state index in [-0.39, 0.29) is 16.3 Å². The van der Waals surface area contributed by atoms with Crippen molar-refractivity contribution < 1.29 is 32.3 Å². The number of amides is 2. The fraction of sp³-hybridized carbons (Fsp3) is 0.222. The van der Waals surface area contributed by atoms with Gasteiger partial charge in [0.1, 0.15) is 6.04 Å². The minimum Gasteiger partial charge on any atom is -0.446 e. The number of ether oxygens (including phenoxy) is 1. The van der Waals surface area contributed by atoms with Crippen molar-refractivity contribution in [2.45, 2.75) is 32.2 Å². The third-order valence-electron chi connectivity index (χ3n) is 5.36. The maximum atomic E-state index is 13.2. The minimum atomic E-state index is -4.60. The molecule has 0 radical (unpaired) electrons. The van der Waals surface area contributed by atoms with Crippen LogP contribution in [-0.2, 0) is 20.5 Å². The number of esters is 1. The summed E-state index contributed by atoms with van der Waals surface area (Å²) in [5.41, 5.74) is -0.616. The van der Waals surface area contributed by atoms with Crippen LogP contribution in [0.4, 0.5) is 18.9 Å². The molecule has 0 spiro atoms. The van der Waals surface area contributed by atoms with E-state index in [2.05, 4.69) is 10.6 Å². The quantitative estimate of drug-likeness (QED) is 0.347. The standard InChI is InChI=1S/C27H24ClF3N2O4/c1-16(2)22(33-24(34)20-13-6-7-14-21(20)28)26(36)37-23(17-9-4-3-5-10-17)25(35)32-19-12-8-11-18(15-19)27(29,30)31/h3-16,22-23H,1-2H3,(H,32,35)(H,33,34)/t22-,23+/m0/s1. The first-order valence-corrected chi connectivity index (χ1v) is 11.6. The monoisotopic (exact) mass is 532 g/mol. The summed E-state index contributed by atoms with van der Waals surface area (Å²) >= 11 is 6.08. The summed E-state index contributed by atoms with van der Waals surface area (Å²) in [6.07, 6.45) is -6.10. The molecular weight excluding hydrogens is 509 g/mol. The van der Waals surface area contributed by atoms with Gasteiger partial charge in [-0.25, -0.2) is 4.79 Å². The second-order valence-corrected chi connectivity index (χ2v) is 8.88. The largest absolute Gasteiger partial charge is 0.446 e. The number of carbonyl (C=O) groups is 3. The average Bonchev–Trinajstić information content (AvgIpc) is 2.85. The molecular formula is C27H24ClF3N2O4. The fourth-order valence-electron chi connectivity index (χ4n) is 3.43. The fourth-order valence-corrected chi connectivity index (χ4v) is 3.65. The van der Waals surface area contributed by atoms with Gasteiger partial charge in [-0.15, -0.1) is 0 Å². The van der Waals surface area contributed by atoms with Crippen molar-refractivity contribution in [3.8, 4) is 0 Å². The lowest BCUT2D eigenvalue weighted by atomic mass is 10.0. The molecule has 0 aromatic heterocycles. The van der Waals surface area contributed by atoms with E-state index >= 15 is 0 Å². The highest BCUT2D eigenvalue weighted by molar-refractivity contribution is 6.33. The van der Waals surface area contributed by atoms with Crippen molar-refractivity contribution in [3.63, 3.8) is 0 Å². The van der Waals surface area contributed by atoms with Crippen LogP contribution in [0.2, 0.25) is 5.02 Å². The van der Waals surface area contributed by atoms with Gasteiger partial charge in [0.05, 0.1) is 16.1 Å². The van der Waals surface area contributed by atoms with E-state index in [1.807, 2.05) is 0 Å². The van der Waals surface area contributed by atoms with Crippen LogP contribution in [-0.4, -0.2) is 23.8 Å². The maximum absolute atomic E-state index is 13.2. The lowest BCUT2D eigenvalue weighted by molar-refractivity contribution is -0.157. The molecule has 0 aliphatic rings. The highest BCUT2D eigenvalue weighted by Crippen LogP contribution is 2.31. The Bertz CT molecular complexity index is 1270. The summed E-state index contributed by atoms with van der Waals surface area (Å²) in [6, 6.07) is 17.3. The van der Waals surface area contributed by atoms with E-state index in [1.54, 1.807) is 44.2 Å². The van der Waals surface area contributed by atoms with E-state index in [0.717, 1.165) is 18.2 Å². The molecule has 10 heteroatoms. The topological polar surface area (TPSA) is 84.5 Å². The van der Waals surface area contributed by atoms with Gasteiger partial charge in [-0.2, -0.15) is 13.2 Å². The molecule has 2 atom stereocenters. The lowest BCUT2D eigenvalue weighted by Gasteiger charge is -2.25. The Morgan fingerprint density at radius 1 is 0.892 bits per heavy atom. The SMILES string of the molecule is CC(C)[C@H](NC(=O)c1ccccc1Cl)C(=O)O[C@@H](C(=O)Nc1cccc(C(F)(F)F)c1)c1ccccc1. The summed E-state index contributed by atoms with van der Waals surface area (Å²) in [4.78, 5) is 39.0. The highest BCUT2D eigenvalue weighted by atomic mass is 35.5. The molecule has 0 bridgehead atoms. The van der Waals surface area contributed by atoms with Crippen molar-refractivity contribution in [2.75, 3.05) is 5.32 Å². The van der Waals surface area contributed by atoms with Crippen molar-refractivity contribution in [1.82, 2.24) is 5.32 Å². The molecule has 0 aliphatic heterocycles. The molecule has 0 fully saturated rings. The van der Waals surface area contributed by atoms with E-state index in [1.165, 1.54) is 30.3 Å². The van der Waals surface area contributed by atoms with Crippen LogP contribution in [0.15, 0.2) is 78.9 Å². The van der Waals surface area contributed by atoms with Crippen LogP contribution in [0, 0.1) is 5.92 Å². The van der Waals surface area contributed by atoms with E-state index < -0.39 is 47.6 Å². The molecule has 0 unspecified atom stereocenters. The van der Waals surface area contributed by atoms with E-state index in [4.69, 9.17) is 16.3 Å². The van der Waals surface area contributed by atoms with Gasteiger partial charge in [-0.3, -0.25) is 9.59 Å². The summed E-state index contributed by atoms with van der Waals surface area (Å²) < 4.78 is 44.8. The molecule has 0 saturated carbocycles. The summed E-state index contributed by atoms with van der Waals surface area (Å²) in [7, 11) is 0. The third-order valence-corrected chi connectivity index (χ3v) is 5.69. The molecule has 194 valence electrons. The van der Waals surface area contributed by atoms with Crippen molar-refractivity contribution in [3.05, 3.63) is 101 Å². The minimum absolute atomic E-state index is 0.121. The Morgan fingerprint density at radius 3 is 2.16 bits per heavy atom. The molecule has 0 heterocycles. The van der Waals surface area contributed by atoms with Crippen molar-refractivity contribution in [2.24, 2.45) is 5.92 Å². The molecule has 3 rings (SSSR count). The second-order valence-electron chi connectivity index (χ2n) is 8.47. The summed E-state index contributed by atoms with van der Waals surface area (Å²) in [6.45, 7) is 3.36. The number of nitrogens with one attached hydrogen (secondary N) is 2. The highest BCUT2D eigenvalue weighted by Gasteiger charge is 2.33. The third kappa shape index (κ3) is 7.33. The molecule has 0 aliphatic carbocycles. The van der Waals surface area contributed by atoms with Gasteiger partial charge in [0, 0.05) is 11.3 Å². The van der Waals surface area contributed by atoms with Gasteiger partial charge in [-0.05, 0) is 36.2 Å². The van der Waals surface area contributed by atoms with Crippen molar-refractivity contribution >= 4 is 35.1 Å². The van der Waals surface area contributed by atoms with Crippen LogP contribution in [0.3, 0.4) is 0 Å². The number of carbonyl (C=O) groups excluding carboxylic acids is 3. The van der Waals surface area contributed by atoms with Gasteiger partial charge in [0.2, 0.25) is 6.10 Å². The van der Waals surface area contributed by atoms with E-state index in [0.29, 0.717) is 5.56 Å². The number of alkyl halides is 3. The number of benzene rings is 3. The summed E-state index contributed by atoms with van der Waals surface area (Å²) in [5.74, 6) is -2.80. The first kappa shape index (κ1) is 27.7. The van der Waals surface area contributed by atoms with Crippen LogP contribution < -0.4 is 10.6 Å². The van der Waals surface area contributed by atoms with Gasteiger partial charge in [0.15, 0.2) is 0 Å². The zero-order chi connectivity index (χ0) is 27.2. The first-order chi connectivity index (χ1) is 17.5. The number of halogens is 4. The predicted molar refractivity (Wildman–Crippen MR) is 133 cm³/mol. The normalized spacial score (nSPS) is 12.9. The van der Waals surface area contributed by atoms with Gasteiger partial charge in [0.25, 0.3) is 11.8 Å². The van der Waals surface area contributed by atoms with Gasteiger partial charge < -0.3 is 15.4 Å². The Morgan fingerprint density at radius 2 is 1.54 bits per heavy atom. The molecule has 6 nitrogen and oxygen atoms in total. The van der Waals surface area contributed by atoms with Gasteiger partial charge >= 0.3 is 12.1 Å². The number of anilines is 1. The van der Waals surface area contributed by atoms with Crippen LogP contribution in [0.1, 0.15) is 41.4 Å². The zero-order valence-corrected chi connectivity index (χ0v) is 20.6. The molecule has 0 saturated heterocycles.